The molecule has 0 heterocycles. The number of allylic oxidation sites excluding steroid dienone is 1. The van der Waals surface area contributed by atoms with Crippen LogP contribution in [0.15, 0.2) is 54.6 Å². The van der Waals surface area contributed by atoms with E-state index in [1.807, 2.05) is 36.4 Å². The lowest BCUT2D eigenvalue weighted by atomic mass is 10.1. The molecule has 2 nitrogen and oxygen atoms in total. The highest BCUT2D eigenvalue weighted by atomic mass is 16.5. The van der Waals surface area contributed by atoms with Crippen molar-refractivity contribution in [3.8, 4) is 0 Å². The molecular weight excluding hydrogens is 212 g/mol. The first kappa shape index (κ1) is 11.4. The van der Waals surface area contributed by atoms with Gasteiger partial charge in [0.05, 0.1) is 0 Å². The molecule has 0 spiro atoms. The summed E-state index contributed by atoms with van der Waals surface area (Å²) in [4.78, 5) is 11.2. The number of esters is 1. The van der Waals surface area contributed by atoms with Gasteiger partial charge in [0, 0.05) is 6.08 Å². The number of ether oxygens (including phenoxy) is 1. The van der Waals surface area contributed by atoms with Crippen LogP contribution in [0.2, 0.25) is 0 Å². The monoisotopic (exact) mass is 226 g/mol. The van der Waals surface area contributed by atoms with E-state index in [0.29, 0.717) is 6.61 Å². The van der Waals surface area contributed by atoms with Gasteiger partial charge in [-0.25, -0.2) is 4.79 Å². The van der Waals surface area contributed by atoms with Crippen LogP contribution in [-0.4, -0.2) is 5.97 Å². The molecule has 2 aromatic rings. The zero-order valence-corrected chi connectivity index (χ0v) is 9.72. The fraction of sp³-hybridized carbons (Fsp3) is 0.133. The zero-order chi connectivity index (χ0) is 12.1. The van der Waals surface area contributed by atoms with E-state index in [0.717, 1.165) is 10.9 Å². The number of fused-ring (bicyclic) bond motifs is 1. The van der Waals surface area contributed by atoms with E-state index in [9.17, 15) is 4.79 Å². The van der Waals surface area contributed by atoms with Crippen molar-refractivity contribution in [2.45, 2.75) is 13.5 Å². The van der Waals surface area contributed by atoms with Crippen LogP contribution in [0.1, 0.15) is 12.5 Å². The molecule has 0 atom stereocenters. The Kier molecular flexibility index (Phi) is 3.55. The molecule has 0 amide bonds. The van der Waals surface area contributed by atoms with Crippen molar-refractivity contribution >= 4 is 16.7 Å². The number of hydrogen-bond donors (Lipinski definition) is 0. The molecule has 2 rings (SSSR count). The lowest BCUT2D eigenvalue weighted by Crippen LogP contribution is -2.00. The van der Waals surface area contributed by atoms with Crippen LogP contribution >= 0.6 is 0 Å². The van der Waals surface area contributed by atoms with E-state index in [2.05, 4.69) is 6.07 Å². The minimum absolute atomic E-state index is 0.305. The Bertz CT molecular complexity index is 556. The van der Waals surface area contributed by atoms with Crippen molar-refractivity contribution in [2.24, 2.45) is 0 Å². The third-order valence-electron chi connectivity index (χ3n) is 2.50. The first-order valence-corrected chi connectivity index (χ1v) is 5.57. The number of hydrogen-bond acceptors (Lipinski definition) is 2. The molecule has 86 valence electrons. The Hall–Kier alpha value is -2.09. The van der Waals surface area contributed by atoms with Gasteiger partial charge in [-0.1, -0.05) is 42.5 Å². The Morgan fingerprint density at radius 1 is 1.18 bits per heavy atom. The SMILES string of the molecule is CC=CC(=O)OCc1ccc2ccccc2c1. The summed E-state index contributed by atoms with van der Waals surface area (Å²) in [7, 11) is 0. The van der Waals surface area contributed by atoms with Gasteiger partial charge in [0.2, 0.25) is 0 Å². The topological polar surface area (TPSA) is 26.3 Å². The normalized spacial score (nSPS) is 10.9. The standard InChI is InChI=1S/C15H14O2/c1-2-5-15(16)17-11-12-8-9-13-6-3-4-7-14(13)10-12/h2-10H,11H2,1H3. The van der Waals surface area contributed by atoms with Crippen LogP contribution in [0, 0.1) is 0 Å². The number of benzene rings is 2. The van der Waals surface area contributed by atoms with Gasteiger partial charge in [0.25, 0.3) is 0 Å². The van der Waals surface area contributed by atoms with Crippen molar-refractivity contribution in [1.29, 1.82) is 0 Å². The lowest BCUT2D eigenvalue weighted by molar-refractivity contribution is -0.139. The van der Waals surface area contributed by atoms with Gasteiger partial charge in [-0.15, -0.1) is 0 Å². The van der Waals surface area contributed by atoms with Crippen LogP contribution in [-0.2, 0) is 16.1 Å². The smallest absolute Gasteiger partial charge is 0.330 e. The molecule has 2 heteroatoms. The summed E-state index contributed by atoms with van der Waals surface area (Å²) in [5.74, 6) is -0.305. The zero-order valence-electron chi connectivity index (χ0n) is 9.72. The molecule has 0 aliphatic carbocycles. The second kappa shape index (κ2) is 5.30. The van der Waals surface area contributed by atoms with Gasteiger partial charge in [0.15, 0.2) is 0 Å². The van der Waals surface area contributed by atoms with Crippen molar-refractivity contribution < 1.29 is 9.53 Å². The summed E-state index contributed by atoms with van der Waals surface area (Å²) in [5.41, 5.74) is 1.00. The maximum absolute atomic E-state index is 11.2. The summed E-state index contributed by atoms with van der Waals surface area (Å²) in [6, 6.07) is 14.2. The Morgan fingerprint density at radius 2 is 1.94 bits per heavy atom. The molecule has 0 aliphatic heterocycles. The molecule has 0 bridgehead atoms. The second-order valence-electron chi connectivity index (χ2n) is 3.79. The van der Waals surface area contributed by atoms with Gasteiger partial charge < -0.3 is 4.74 Å². The third-order valence-corrected chi connectivity index (χ3v) is 2.50. The van der Waals surface area contributed by atoms with E-state index in [-0.39, 0.29) is 5.97 Å². The molecule has 0 saturated heterocycles. The Balaban J connectivity index is 2.11. The van der Waals surface area contributed by atoms with Gasteiger partial charge in [-0.2, -0.15) is 0 Å². The fourth-order valence-electron chi connectivity index (χ4n) is 1.67. The quantitative estimate of drug-likeness (QED) is 0.591. The highest BCUT2D eigenvalue weighted by Gasteiger charge is 1.99. The molecule has 17 heavy (non-hydrogen) atoms. The molecule has 0 fully saturated rings. The highest BCUT2D eigenvalue weighted by Crippen LogP contribution is 2.16. The summed E-state index contributed by atoms with van der Waals surface area (Å²) in [5, 5.41) is 2.35. The van der Waals surface area contributed by atoms with Crippen LogP contribution in [0.4, 0.5) is 0 Å². The Morgan fingerprint density at radius 3 is 2.71 bits per heavy atom. The maximum atomic E-state index is 11.2. The predicted molar refractivity (Wildman–Crippen MR) is 68.6 cm³/mol. The fourth-order valence-corrected chi connectivity index (χ4v) is 1.67. The van der Waals surface area contributed by atoms with Crippen molar-refractivity contribution in [2.75, 3.05) is 0 Å². The van der Waals surface area contributed by atoms with E-state index in [1.165, 1.54) is 11.5 Å². The average molecular weight is 226 g/mol. The van der Waals surface area contributed by atoms with E-state index in [1.54, 1.807) is 13.0 Å². The van der Waals surface area contributed by atoms with Crippen LogP contribution < -0.4 is 0 Å². The molecule has 0 aromatic heterocycles. The summed E-state index contributed by atoms with van der Waals surface area (Å²) >= 11 is 0. The molecule has 2 aromatic carbocycles. The van der Waals surface area contributed by atoms with E-state index >= 15 is 0 Å². The van der Waals surface area contributed by atoms with Crippen LogP contribution in [0.25, 0.3) is 10.8 Å². The summed E-state index contributed by atoms with van der Waals surface area (Å²) in [6.07, 6.45) is 3.09. The lowest BCUT2D eigenvalue weighted by Gasteiger charge is -2.04. The molecular formula is C15H14O2. The van der Waals surface area contributed by atoms with Crippen molar-refractivity contribution in [3.05, 3.63) is 60.2 Å². The summed E-state index contributed by atoms with van der Waals surface area (Å²) < 4.78 is 5.09. The Labute approximate surface area is 101 Å². The number of rotatable bonds is 3. The molecule has 0 unspecified atom stereocenters. The largest absolute Gasteiger partial charge is 0.458 e. The van der Waals surface area contributed by atoms with Crippen molar-refractivity contribution in [3.63, 3.8) is 0 Å². The van der Waals surface area contributed by atoms with Crippen molar-refractivity contribution in [1.82, 2.24) is 0 Å². The van der Waals surface area contributed by atoms with Gasteiger partial charge in [-0.3, -0.25) is 0 Å². The predicted octanol–water partition coefficient (Wildman–Crippen LogP) is 3.46. The first-order valence-electron chi connectivity index (χ1n) is 5.57. The highest BCUT2D eigenvalue weighted by molar-refractivity contribution is 5.83. The molecule has 0 saturated carbocycles. The maximum Gasteiger partial charge on any atom is 0.330 e. The minimum atomic E-state index is -0.305. The third kappa shape index (κ3) is 2.94. The van der Waals surface area contributed by atoms with Crippen LogP contribution in [0.3, 0.4) is 0 Å². The van der Waals surface area contributed by atoms with Crippen LogP contribution in [0.5, 0.6) is 0 Å². The minimum Gasteiger partial charge on any atom is -0.458 e. The van der Waals surface area contributed by atoms with Gasteiger partial charge >= 0.3 is 5.97 Å². The van der Waals surface area contributed by atoms with E-state index < -0.39 is 0 Å². The average Bonchev–Trinajstić information content (AvgIpc) is 2.36. The van der Waals surface area contributed by atoms with Gasteiger partial charge in [-0.05, 0) is 29.3 Å². The summed E-state index contributed by atoms with van der Waals surface area (Å²) in [6.45, 7) is 2.10. The first-order chi connectivity index (χ1) is 8.29. The number of carbonyl (C=O) groups is 1. The van der Waals surface area contributed by atoms with E-state index in [4.69, 9.17) is 4.74 Å². The van der Waals surface area contributed by atoms with Gasteiger partial charge in [0.1, 0.15) is 6.61 Å². The molecule has 0 radical (unpaired) electrons. The molecule has 0 N–H and O–H groups in total. The second-order valence-corrected chi connectivity index (χ2v) is 3.79. The number of carbonyl (C=O) groups excluding carboxylic acids is 1. The molecule has 0 aliphatic rings.